The molecule has 0 aliphatic carbocycles. The first-order valence-corrected chi connectivity index (χ1v) is 7.67. The molecule has 0 amide bonds. The van der Waals surface area contributed by atoms with Gasteiger partial charge in [-0.3, -0.25) is 4.72 Å². The summed E-state index contributed by atoms with van der Waals surface area (Å²) < 4.78 is 39.3. The van der Waals surface area contributed by atoms with Crippen LogP contribution >= 0.6 is 34.5 Å². The van der Waals surface area contributed by atoms with Gasteiger partial charge in [-0.05, 0) is 30.3 Å². The second-order valence-electron chi connectivity index (χ2n) is 3.30. The van der Waals surface area contributed by atoms with Crippen molar-refractivity contribution in [2.45, 2.75) is 4.90 Å². The van der Waals surface area contributed by atoms with E-state index in [0.29, 0.717) is 0 Å². The highest BCUT2D eigenvalue weighted by Crippen LogP contribution is 2.35. The average molecular weight is 326 g/mol. The molecule has 0 saturated heterocycles. The van der Waals surface area contributed by atoms with Crippen molar-refractivity contribution in [3.05, 3.63) is 44.8 Å². The summed E-state index contributed by atoms with van der Waals surface area (Å²) in [4.78, 5) is -0.0940. The van der Waals surface area contributed by atoms with Gasteiger partial charge in [0.2, 0.25) is 0 Å². The summed E-state index contributed by atoms with van der Waals surface area (Å²) in [7, 11) is -3.81. The zero-order valence-corrected chi connectivity index (χ0v) is 11.8. The van der Waals surface area contributed by atoms with Crippen LogP contribution in [0.25, 0.3) is 0 Å². The monoisotopic (exact) mass is 325 g/mol. The van der Waals surface area contributed by atoms with E-state index < -0.39 is 15.8 Å². The van der Waals surface area contributed by atoms with Crippen molar-refractivity contribution < 1.29 is 12.8 Å². The van der Waals surface area contributed by atoms with Crippen LogP contribution < -0.4 is 4.72 Å². The number of halogens is 3. The lowest BCUT2D eigenvalue weighted by Gasteiger charge is -2.06. The molecule has 0 unspecified atom stereocenters. The topological polar surface area (TPSA) is 46.2 Å². The van der Waals surface area contributed by atoms with Gasteiger partial charge in [-0.25, -0.2) is 12.8 Å². The van der Waals surface area contributed by atoms with Gasteiger partial charge in [0.15, 0.2) is 0 Å². The van der Waals surface area contributed by atoms with Gasteiger partial charge < -0.3 is 0 Å². The maximum Gasteiger partial charge on any atom is 0.264 e. The van der Waals surface area contributed by atoms with Crippen LogP contribution in [0.4, 0.5) is 10.1 Å². The molecule has 1 aromatic carbocycles. The van der Waals surface area contributed by atoms with E-state index in [1.165, 1.54) is 18.2 Å². The third kappa shape index (κ3) is 2.95. The van der Waals surface area contributed by atoms with Crippen molar-refractivity contribution in [2.24, 2.45) is 0 Å². The highest BCUT2D eigenvalue weighted by Gasteiger charge is 2.21. The van der Waals surface area contributed by atoms with E-state index in [-0.39, 0.29) is 19.3 Å². The van der Waals surface area contributed by atoms with Gasteiger partial charge in [-0.1, -0.05) is 23.2 Å². The van der Waals surface area contributed by atoms with E-state index in [2.05, 4.69) is 4.72 Å². The molecule has 0 fully saturated rings. The zero-order chi connectivity index (χ0) is 13.3. The van der Waals surface area contributed by atoms with Crippen molar-refractivity contribution in [3.8, 4) is 0 Å². The standard InChI is InChI=1S/C10H6Cl2FNO2S2/c11-9-5-8(10(12)17-9)18(15,16)14-7-3-1-6(13)2-4-7/h1-5,14H. The molecule has 18 heavy (non-hydrogen) atoms. The van der Waals surface area contributed by atoms with Crippen LogP contribution in [0.2, 0.25) is 8.67 Å². The summed E-state index contributed by atoms with van der Waals surface area (Å²) in [6, 6.07) is 6.20. The Morgan fingerprint density at radius 2 is 1.78 bits per heavy atom. The highest BCUT2D eigenvalue weighted by molar-refractivity contribution is 7.93. The summed E-state index contributed by atoms with van der Waals surface area (Å²) in [5.41, 5.74) is 0.245. The predicted molar refractivity (Wildman–Crippen MR) is 71.5 cm³/mol. The van der Waals surface area contributed by atoms with Crippen LogP contribution in [0.3, 0.4) is 0 Å². The molecule has 0 radical (unpaired) electrons. The lowest BCUT2D eigenvalue weighted by Crippen LogP contribution is -2.12. The van der Waals surface area contributed by atoms with Crippen LogP contribution in [0.5, 0.6) is 0 Å². The van der Waals surface area contributed by atoms with Gasteiger partial charge in [-0.15, -0.1) is 11.3 Å². The molecule has 2 aromatic rings. The van der Waals surface area contributed by atoms with Crippen LogP contribution in [0, 0.1) is 5.82 Å². The van der Waals surface area contributed by atoms with E-state index in [4.69, 9.17) is 23.2 Å². The summed E-state index contributed by atoms with van der Waals surface area (Å²) in [5, 5.41) is 0. The number of thiophene rings is 1. The maximum absolute atomic E-state index is 12.7. The third-order valence-corrected chi connectivity index (χ3v) is 5.15. The van der Waals surface area contributed by atoms with E-state index >= 15 is 0 Å². The predicted octanol–water partition coefficient (Wildman–Crippen LogP) is 3.99. The Morgan fingerprint density at radius 3 is 2.28 bits per heavy atom. The fraction of sp³-hybridized carbons (Fsp3) is 0. The van der Waals surface area contributed by atoms with Gasteiger partial charge in [-0.2, -0.15) is 0 Å². The van der Waals surface area contributed by atoms with Crippen LogP contribution in [-0.2, 0) is 10.0 Å². The number of rotatable bonds is 3. The molecule has 2 rings (SSSR count). The molecule has 1 N–H and O–H groups in total. The molecule has 0 aliphatic rings. The summed E-state index contributed by atoms with van der Waals surface area (Å²) >= 11 is 12.4. The van der Waals surface area contributed by atoms with Gasteiger partial charge in [0.25, 0.3) is 10.0 Å². The van der Waals surface area contributed by atoms with Crippen LogP contribution in [-0.4, -0.2) is 8.42 Å². The van der Waals surface area contributed by atoms with E-state index in [1.54, 1.807) is 0 Å². The van der Waals surface area contributed by atoms with Gasteiger partial charge in [0.1, 0.15) is 15.0 Å². The van der Waals surface area contributed by atoms with E-state index in [9.17, 15) is 12.8 Å². The van der Waals surface area contributed by atoms with Gasteiger partial charge in [0, 0.05) is 5.69 Å². The second-order valence-corrected chi connectivity index (χ2v) is 7.24. The molecule has 8 heteroatoms. The third-order valence-electron chi connectivity index (χ3n) is 2.01. The van der Waals surface area contributed by atoms with Crippen molar-refractivity contribution in [1.29, 1.82) is 0 Å². The van der Waals surface area contributed by atoms with Crippen molar-refractivity contribution in [2.75, 3.05) is 4.72 Å². The Labute approximate surface area is 117 Å². The highest BCUT2D eigenvalue weighted by atomic mass is 35.5. The fourth-order valence-corrected chi connectivity index (χ4v) is 4.45. The lowest BCUT2D eigenvalue weighted by atomic mass is 10.3. The Bertz CT molecular complexity index is 668. The van der Waals surface area contributed by atoms with Crippen molar-refractivity contribution in [3.63, 3.8) is 0 Å². The number of benzene rings is 1. The molecule has 0 saturated carbocycles. The lowest BCUT2D eigenvalue weighted by molar-refractivity contribution is 0.601. The smallest absolute Gasteiger partial charge is 0.264 e. The maximum atomic E-state index is 12.7. The molecule has 1 aromatic heterocycles. The first-order valence-electron chi connectivity index (χ1n) is 4.62. The van der Waals surface area contributed by atoms with Crippen molar-refractivity contribution >= 4 is 50.2 Å². The van der Waals surface area contributed by atoms with Crippen LogP contribution in [0.15, 0.2) is 35.2 Å². The average Bonchev–Trinajstić information content (AvgIpc) is 2.62. The van der Waals surface area contributed by atoms with Crippen molar-refractivity contribution in [1.82, 2.24) is 0 Å². The minimum absolute atomic E-state index is 0.0783. The minimum atomic E-state index is -3.81. The molecule has 3 nitrogen and oxygen atoms in total. The molecular weight excluding hydrogens is 320 g/mol. The molecule has 0 bridgehead atoms. The van der Waals surface area contributed by atoms with E-state index in [0.717, 1.165) is 23.5 Å². The number of anilines is 1. The molecule has 0 spiro atoms. The number of nitrogens with one attached hydrogen (secondary N) is 1. The minimum Gasteiger partial charge on any atom is -0.280 e. The molecule has 1 heterocycles. The Kier molecular flexibility index (Phi) is 3.82. The zero-order valence-electron chi connectivity index (χ0n) is 8.65. The number of hydrogen-bond acceptors (Lipinski definition) is 3. The first-order chi connectivity index (χ1) is 8.38. The molecular formula is C10H6Cl2FNO2S2. The molecule has 96 valence electrons. The molecule has 0 aliphatic heterocycles. The summed E-state index contributed by atoms with van der Waals surface area (Å²) in [6.07, 6.45) is 0. The van der Waals surface area contributed by atoms with Gasteiger partial charge >= 0.3 is 0 Å². The summed E-state index contributed by atoms with van der Waals surface area (Å²) in [5.74, 6) is -0.449. The van der Waals surface area contributed by atoms with Gasteiger partial charge in [0.05, 0.1) is 4.34 Å². The number of sulfonamides is 1. The Hall–Kier alpha value is -0.820. The van der Waals surface area contributed by atoms with E-state index in [1.807, 2.05) is 0 Å². The fourth-order valence-electron chi connectivity index (χ4n) is 1.24. The second kappa shape index (κ2) is 5.05. The summed E-state index contributed by atoms with van der Waals surface area (Å²) in [6.45, 7) is 0. The SMILES string of the molecule is O=S(=O)(Nc1ccc(F)cc1)c1cc(Cl)sc1Cl. The van der Waals surface area contributed by atoms with Crippen LogP contribution in [0.1, 0.15) is 0 Å². The molecule has 0 atom stereocenters. The number of hydrogen-bond donors (Lipinski definition) is 1. The normalized spacial score (nSPS) is 11.5. The Morgan fingerprint density at radius 1 is 1.17 bits per heavy atom. The Balaban J connectivity index is 2.33. The largest absolute Gasteiger partial charge is 0.280 e. The first kappa shape index (κ1) is 13.6. The quantitative estimate of drug-likeness (QED) is 0.927.